The molecule has 1 unspecified atom stereocenters. The summed E-state index contributed by atoms with van der Waals surface area (Å²) < 4.78 is 0. The minimum Gasteiger partial charge on any atom is -0.257 e. The van der Waals surface area contributed by atoms with Crippen molar-refractivity contribution in [1.29, 1.82) is 0 Å². The Morgan fingerprint density at radius 3 is 2.08 bits per heavy atom. The van der Waals surface area contributed by atoms with E-state index in [0.29, 0.717) is 0 Å². The van der Waals surface area contributed by atoms with Crippen LogP contribution in [0.4, 0.5) is 5.69 Å². The molecule has 40 heavy (non-hydrogen) atoms. The summed E-state index contributed by atoms with van der Waals surface area (Å²) in [4.78, 5) is 0. The maximum absolute atomic E-state index is 5.21. The molecular formula is C38H28N2. The van der Waals surface area contributed by atoms with Gasteiger partial charge in [-0.05, 0) is 85.6 Å². The molecule has 1 atom stereocenters. The average molecular weight is 513 g/mol. The third kappa shape index (κ3) is 3.84. The predicted octanol–water partition coefficient (Wildman–Crippen LogP) is 9.58. The fraction of sp³-hybridized carbons (Fsp3) is 0.0789. The summed E-state index contributed by atoms with van der Waals surface area (Å²) in [7, 11) is 0. The van der Waals surface area contributed by atoms with Gasteiger partial charge in [0.15, 0.2) is 0 Å². The molecule has 6 aromatic carbocycles. The van der Waals surface area contributed by atoms with Crippen molar-refractivity contribution in [3.8, 4) is 11.1 Å². The van der Waals surface area contributed by atoms with Gasteiger partial charge in [0.05, 0.1) is 17.4 Å². The molecule has 2 nitrogen and oxygen atoms in total. The lowest BCUT2D eigenvalue weighted by Gasteiger charge is -2.26. The van der Waals surface area contributed by atoms with Crippen LogP contribution in [-0.2, 0) is 6.42 Å². The van der Waals surface area contributed by atoms with E-state index in [4.69, 9.17) is 5.10 Å². The molecule has 0 radical (unpaired) electrons. The largest absolute Gasteiger partial charge is 0.257 e. The van der Waals surface area contributed by atoms with Gasteiger partial charge in [-0.3, -0.25) is 5.01 Å². The first-order valence-corrected chi connectivity index (χ1v) is 14.0. The second-order valence-corrected chi connectivity index (χ2v) is 10.8. The number of rotatable bonds is 4. The molecule has 1 aliphatic heterocycles. The van der Waals surface area contributed by atoms with Gasteiger partial charge in [-0.25, -0.2) is 0 Å². The van der Waals surface area contributed by atoms with E-state index < -0.39 is 0 Å². The standard InChI is InChI=1S/C38H28N2/c1-2-13-32(14-3-1)40-37(38-35-16-8-5-11-28(35)23-29-12-6-9-17-36(29)38)25-31(39-40)20-18-26-19-21-34-30(22-26)24-27-10-4-7-15-33(27)34/h1-23,37H,24-25H2/b20-18+. The highest BCUT2D eigenvalue weighted by molar-refractivity contribution is 6.06. The maximum Gasteiger partial charge on any atom is 0.0843 e. The Balaban J connectivity index is 1.19. The van der Waals surface area contributed by atoms with Crippen LogP contribution in [0.2, 0.25) is 0 Å². The third-order valence-electron chi connectivity index (χ3n) is 8.39. The molecule has 1 heterocycles. The van der Waals surface area contributed by atoms with Gasteiger partial charge in [0, 0.05) is 6.42 Å². The van der Waals surface area contributed by atoms with E-state index in [1.807, 2.05) is 0 Å². The number of anilines is 1. The van der Waals surface area contributed by atoms with Crippen molar-refractivity contribution in [2.24, 2.45) is 5.10 Å². The van der Waals surface area contributed by atoms with Gasteiger partial charge in [0.2, 0.25) is 0 Å². The first kappa shape index (κ1) is 23.0. The minimum atomic E-state index is 0.104. The highest BCUT2D eigenvalue weighted by Gasteiger charge is 2.31. The topological polar surface area (TPSA) is 15.6 Å². The van der Waals surface area contributed by atoms with Crippen LogP contribution in [0.25, 0.3) is 38.7 Å². The molecule has 0 saturated heterocycles. The highest BCUT2D eigenvalue weighted by Crippen LogP contribution is 2.42. The van der Waals surface area contributed by atoms with Crippen molar-refractivity contribution in [1.82, 2.24) is 0 Å². The number of allylic oxidation sites excluding steroid dienone is 1. The molecule has 0 N–H and O–H groups in total. The monoisotopic (exact) mass is 512 g/mol. The van der Waals surface area contributed by atoms with Crippen LogP contribution in [0.15, 0.2) is 139 Å². The van der Waals surface area contributed by atoms with E-state index in [9.17, 15) is 0 Å². The van der Waals surface area contributed by atoms with Crippen molar-refractivity contribution in [3.05, 3.63) is 156 Å². The number of benzene rings is 6. The Morgan fingerprint density at radius 2 is 1.27 bits per heavy atom. The van der Waals surface area contributed by atoms with Gasteiger partial charge in [-0.2, -0.15) is 5.10 Å². The van der Waals surface area contributed by atoms with Crippen LogP contribution in [-0.4, -0.2) is 5.71 Å². The molecule has 0 saturated carbocycles. The maximum atomic E-state index is 5.21. The van der Waals surface area contributed by atoms with E-state index in [-0.39, 0.29) is 6.04 Å². The molecule has 0 fully saturated rings. The number of hydrogen-bond acceptors (Lipinski definition) is 2. The molecule has 0 amide bonds. The van der Waals surface area contributed by atoms with Gasteiger partial charge in [-0.15, -0.1) is 0 Å². The van der Waals surface area contributed by atoms with E-state index >= 15 is 0 Å². The minimum absolute atomic E-state index is 0.104. The van der Waals surface area contributed by atoms with E-state index in [1.165, 1.54) is 54.9 Å². The molecule has 1 aliphatic carbocycles. The Hall–Kier alpha value is -4.95. The van der Waals surface area contributed by atoms with Crippen molar-refractivity contribution >= 4 is 39.0 Å². The summed E-state index contributed by atoms with van der Waals surface area (Å²) in [6.45, 7) is 0. The average Bonchev–Trinajstić information content (AvgIpc) is 3.60. The molecule has 8 rings (SSSR count). The number of hydrazone groups is 1. The smallest absolute Gasteiger partial charge is 0.0843 e. The SMILES string of the molecule is C(=C\c1ccc2c(c1)Cc1ccccc1-2)/C1=NN(c2ccccc2)C(c2c3ccccc3cc3ccccc23)C1. The van der Waals surface area contributed by atoms with Gasteiger partial charge in [0.1, 0.15) is 0 Å². The van der Waals surface area contributed by atoms with Crippen LogP contribution >= 0.6 is 0 Å². The molecule has 0 spiro atoms. The van der Waals surface area contributed by atoms with E-state index in [1.54, 1.807) is 0 Å². The van der Waals surface area contributed by atoms with Gasteiger partial charge in [0.25, 0.3) is 0 Å². The molecule has 0 bridgehead atoms. The molecule has 190 valence electrons. The Kier molecular flexibility index (Phi) is 5.38. The quantitative estimate of drug-likeness (QED) is 0.214. The summed E-state index contributed by atoms with van der Waals surface area (Å²) in [6.07, 6.45) is 6.30. The molecule has 0 aromatic heterocycles. The fourth-order valence-electron chi connectivity index (χ4n) is 6.55. The second-order valence-electron chi connectivity index (χ2n) is 10.8. The van der Waals surface area contributed by atoms with Gasteiger partial charge >= 0.3 is 0 Å². The highest BCUT2D eigenvalue weighted by atomic mass is 15.5. The molecule has 2 aliphatic rings. The van der Waals surface area contributed by atoms with Crippen LogP contribution in [0.5, 0.6) is 0 Å². The number of hydrogen-bond donors (Lipinski definition) is 0. The lowest BCUT2D eigenvalue weighted by Crippen LogP contribution is -2.19. The molecule has 2 heteroatoms. The predicted molar refractivity (Wildman–Crippen MR) is 169 cm³/mol. The van der Waals surface area contributed by atoms with Crippen LogP contribution < -0.4 is 5.01 Å². The third-order valence-corrected chi connectivity index (χ3v) is 8.39. The van der Waals surface area contributed by atoms with E-state index in [0.717, 1.165) is 24.2 Å². The summed E-state index contributed by atoms with van der Waals surface area (Å²) in [5.41, 5.74) is 10.3. The van der Waals surface area contributed by atoms with Crippen molar-refractivity contribution in [2.45, 2.75) is 18.9 Å². The van der Waals surface area contributed by atoms with Crippen molar-refractivity contribution < 1.29 is 0 Å². The summed E-state index contributed by atoms with van der Waals surface area (Å²) in [5, 5.41) is 12.6. The molecular weight excluding hydrogens is 484 g/mol. The number of para-hydroxylation sites is 1. The summed E-state index contributed by atoms with van der Waals surface area (Å²) >= 11 is 0. The van der Waals surface area contributed by atoms with Crippen molar-refractivity contribution in [2.75, 3.05) is 5.01 Å². The zero-order valence-corrected chi connectivity index (χ0v) is 22.2. The summed E-state index contributed by atoms with van der Waals surface area (Å²) in [5.74, 6) is 0. The van der Waals surface area contributed by atoms with Crippen LogP contribution in [0, 0.1) is 0 Å². The zero-order chi connectivity index (χ0) is 26.5. The Bertz CT molecular complexity index is 1910. The second kappa shape index (κ2) is 9.36. The first-order chi connectivity index (χ1) is 19.8. The molecule has 6 aromatic rings. The number of nitrogens with zero attached hydrogens (tertiary/aromatic N) is 2. The van der Waals surface area contributed by atoms with Crippen LogP contribution in [0.3, 0.4) is 0 Å². The Labute approximate surface area is 234 Å². The Morgan fingerprint density at radius 1 is 0.600 bits per heavy atom. The first-order valence-electron chi connectivity index (χ1n) is 14.0. The van der Waals surface area contributed by atoms with Crippen molar-refractivity contribution in [3.63, 3.8) is 0 Å². The van der Waals surface area contributed by atoms with Crippen LogP contribution in [0.1, 0.15) is 34.7 Å². The normalized spacial score (nSPS) is 16.1. The number of fused-ring (bicyclic) bond motifs is 5. The van der Waals surface area contributed by atoms with Gasteiger partial charge < -0.3 is 0 Å². The lowest BCUT2D eigenvalue weighted by atomic mass is 9.90. The van der Waals surface area contributed by atoms with E-state index in [2.05, 4.69) is 145 Å². The van der Waals surface area contributed by atoms with Gasteiger partial charge in [-0.1, -0.05) is 115 Å². The summed E-state index contributed by atoms with van der Waals surface area (Å²) in [6, 6.07) is 46.1. The lowest BCUT2D eigenvalue weighted by molar-refractivity contribution is 0.719. The zero-order valence-electron chi connectivity index (χ0n) is 22.2. The fourth-order valence-corrected chi connectivity index (χ4v) is 6.55.